The van der Waals surface area contributed by atoms with Gasteiger partial charge in [0.25, 0.3) is 0 Å². The highest BCUT2D eigenvalue weighted by molar-refractivity contribution is 5.44. The Hall–Kier alpha value is -1.85. The molecule has 0 aromatic carbocycles. The molecule has 5 nitrogen and oxygen atoms in total. The van der Waals surface area contributed by atoms with Crippen LogP contribution in [-0.4, -0.2) is 28.2 Å². The van der Waals surface area contributed by atoms with E-state index in [4.69, 9.17) is 4.74 Å². The minimum atomic E-state index is -0.779. The van der Waals surface area contributed by atoms with E-state index in [1.165, 1.54) is 0 Å². The summed E-state index contributed by atoms with van der Waals surface area (Å²) in [7, 11) is 1.69. The maximum Gasteiger partial charge on any atom is 0.107 e. The van der Waals surface area contributed by atoms with Crippen LogP contribution in [0.25, 0.3) is 0 Å². The number of nitrogens with zero attached hydrogens (tertiary/aromatic N) is 1. The average Bonchev–Trinajstić information content (AvgIpc) is 2.98. The van der Waals surface area contributed by atoms with Gasteiger partial charge in [-0.2, -0.15) is 0 Å². The lowest BCUT2D eigenvalue weighted by Crippen LogP contribution is -2.36. The minimum Gasteiger partial charge on any atom is -0.384 e. The molecule has 0 saturated heterocycles. The van der Waals surface area contributed by atoms with Crippen LogP contribution in [0, 0.1) is 0 Å². The molecule has 3 N–H and O–H groups in total. The first-order valence-corrected chi connectivity index (χ1v) is 7.76. The Bertz CT molecular complexity index is 589. The van der Waals surface area contributed by atoms with E-state index in [0.717, 1.165) is 42.8 Å². The van der Waals surface area contributed by atoms with E-state index in [2.05, 4.69) is 21.4 Å². The minimum absolute atomic E-state index is 0.384. The van der Waals surface area contributed by atoms with Crippen molar-refractivity contribution in [3.8, 4) is 0 Å². The van der Waals surface area contributed by atoms with Gasteiger partial charge >= 0.3 is 0 Å². The van der Waals surface area contributed by atoms with E-state index >= 15 is 0 Å². The first kappa shape index (κ1) is 15.1. The fourth-order valence-corrected chi connectivity index (χ4v) is 3.13. The lowest BCUT2D eigenvalue weighted by Gasteiger charge is -2.36. The number of nitrogens with one attached hydrogen (secondary N) is 2. The molecular formula is C17H23N3O2. The number of H-pyrrole nitrogens is 1. The van der Waals surface area contributed by atoms with Crippen LogP contribution in [-0.2, 0) is 16.9 Å². The first-order chi connectivity index (χ1) is 10.7. The van der Waals surface area contributed by atoms with Gasteiger partial charge in [-0.05, 0) is 43.9 Å². The standard InChI is InChI=1S/C17H23N3O2/c1-22-12-15-10-14(11-19-15)20-13-5-7-17(21,8-6-13)16-4-2-3-9-18-16/h2-4,9-11,13,19-21H,5-8,12H2,1H3. The summed E-state index contributed by atoms with van der Waals surface area (Å²) in [5.74, 6) is 0. The van der Waals surface area contributed by atoms with Crippen molar-refractivity contribution in [2.45, 2.75) is 43.9 Å². The van der Waals surface area contributed by atoms with Gasteiger partial charge in [-0.15, -0.1) is 0 Å². The number of rotatable bonds is 5. The topological polar surface area (TPSA) is 70.2 Å². The van der Waals surface area contributed by atoms with Crippen LogP contribution in [0.3, 0.4) is 0 Å². The number of aromatic amines is 1. The molecule has 1 fully saturated rings. The predicted octanol–water partition coefficient (Wildman–Crippen LogP) is 2.80. The van der Waals surface area contributed by atoms with Gasteiger partial charge in [-0.25, -0.2) is 0 Å². The van der Waals surface area contributed by atoms with E-state index in [0.29, 0.717) is 12.6 Å². The molecule has 1 aliphatic rings. The number of ether oxygens (including phenoxy) is 1. The van der Waals surface area contributed by atoms with E-state index in [9.17, 15) is 5.11 Å². The number of pyridine rings is 1. The van der Waals surface area contributed by atoms with Crippen LogP contribution < -0.4 is 5.32 Å². The Labute approximate surface area is 130 Å². The Morgan fingerprint density at radius 2 is 2.23 bits per heavy atom. The molecule has 118 valence electrons. The second-order valence-electron chi connectivity index (χ2n) is 6.01. The average molecular weight is 301 g/mol. The molecule has 0 amide bonds. The van der Waals surface area contributed by atoms with Crippen LogP contribution in [0.15, 0.2) is 36.7 Å². The zero-order valence-corrected chi connectivity index (χ0v) is 12.9. The Morgan fingerprint density at radius 1 is 1.41 bits per heavy atom. The fourth-order valence-electron chi connectivity index (χ4n) is 3.13. The zero-order chi connectivity index (χ0) is 15.4. The number of anilines is 1. The summed E-state index contributed by atoms with van der Waals surface area (Å²) in [6, 6.07) is 8.18. The highest BCUT2D eigenvalue weighted by Gasteiger charge is 2.35. The van der Waals surface area contributed by atoms with Crippen molar-refractivity contribution in [1.82, 2.24) is 9.97 Å². The maximum atomic E-state index is 10.8. The molecule has 2 heterocycles. The number of hydrogen-bond donors (Lipinski definition) is 3. The normalized spacial score (nSPS) is 25.1. The molecule has 0 bridgehead atoms. The van der Waals surface area contributed by atoms with Crippen molar-refractivity contribution >= 4 is 5.69 Å². The summed E-state index contributed by atoms with van der Waals surface area (Å²) in [5.41, 5.74) is 2.15. The lowest BCUT2D eigenvalue weighted by molar-refractivity contribution is -0.00725. The summed E-state index contributed by atoms with van der Waals surface area (Å²) < 4.78 is 5.11. The summed E-state index contributed by atoms with van der Waals surface area (Å²) in [4.78, 5) is 7.51. The van der Waals surface area contributed by atoms with Crippen molar-refractivity contribution in [2.24, 2.45) is 0 Å². The summed E-state index contributed by atoms with van der Waals surface area (Å²) in [6.45, 7) is 0.589. The molecule has 2 aromatic rings. The van der Waals surface area contributed by atoms with Crippen molar-refractivity contribution in [2.75, 3.05) is 12.4 Å². The first-order valence-electron chi connectivity index (χ1n) is 7.76. The molecule has 3 rings (SSSR count). The van der Waals surface area contributed by atoms with Gasteiger partial charge in [0.1, 0.15) is 5.60 Å². The van der Waals surface area contributed by atoms with Crippen molar-refractivity contribution in [3.63, 3.8) is 0 Å². The number of aromatic nitrogens is 2. The van der Waals surface area contributed by atoms with Gasteiger partial charge in [-0.3, -0.25) is 4.98 Å². The molecule has 0 aliphatic heterocycles. The molecule has 0 radical (unpaired) electrons. The quantitative estimate of drug-likeness (QED) is 0.794. The Morgan fingerprint density at radius 3 is 2.91 bits per heavy atom. The van der Waals surface area contributed by atoms with Crippen molar-refractivity contribution < 1.29 is 9.84 Å². The third kappa shape index (κ3) is 3.31. The third-order valence-electron chi connectivity index (χ3n) is 4.37. The van der Waals surface area contributed by atoms with Crippen LogP contribution in [0.1, 0.15) is 37.1 Å². The molecule has 5 heteroatoms. The van der Waals surface area contributed by atoms with Gasteiger partial charge in [0.05, 0.1) is 18.0 Å². The van der Waals surface area contributed by atoms with Gasteiger partial charge in [-0.1, -0.05) is 6.07 Å². The van der Waals surface area contributed by atoms with Gasteiger partial charge in [0.15, 0.2) is 0 Å². The summed E-state index contributed by atoms with van der Waals surface area (Å²) in [5, 5.41) is 14.3. The summed E-state index contributed by atoms with van der Waals surface area (Å²) in [6.07, 6.45) is 7.03. The number of hydrogen-bond acceptors (Lipinski definition) is 4. The SMILES string of the molecule is COCc1cc(NC2CCC(O)(c3ccccn3)CC2)c[nH]1. The molecule has 0 spiro atoms. The van der Waals surface area contributed by atoms with E-state index in [1.54, 1.807) is 13.3 Å². The lowest BCUT2D eigenvalue weighted by atomic mass is 9.80. The van der Waals surface area contributed by atoms with E-state index in [1.807, 2.05) is 24.4 Å². The van der Waals surface area contributed by atoms with Crippen molar-refractivity contribution in [1.29, 1.82) is 0 Å². The smallest absolute Gasteiger partial charge is 0.107 e. The molecular weight excluding hydrogens is 278 g/mol. The molecule has 1 aliphatic carbocycles. The van der Waals surface area contributed by atoms with Gasteiger partial charge in [0.2, 0.25) is 0 Å². The van der Waals surface area contributed by atoms with Crippen LogP contribution in [0.5, 0.6) is 0 Å². The third-order valence-corrected chi connectivity index (χ3v) is 4.37. The van der Waals surface area contributed by atoms with Gasteiger partial charge < -0.3 is 20.1 Å². The predicted molar refractivity (Wildman–Crippen MR) is 85.5 cm³/mol. The van der Waals surface area contributed by atoms with Crippen LogP contribution in [0.2, 0.25) is 0 Å². The zero-order valence-electron chi connectivity index (χ0n) is 12.9. The molecule has 22 heavy (non-hydrogen) atoms. The summed E-state index contributed by atoms with van der Waals surface area (Å²) >= 11 is 0. The van der Waals surface area contributed by atoms with Crippen LogP contribution in [0.4, 0.5) is 5.69 Å². The van der Waals surface area contributed by atoms with E-state index in [-0.39, 0.29) is 0 Å². The maximum absolute atomic E-state index is 10.8. The number of methoxy groups -OCH3 is 1. The van der Waals surface area contributed by atoms with Crippen LogP contribution >= 0.6 is 0 Å². The number of aliphatic hydroxyl groups is 1. The Kier molecular flexibility index (Phi) is 4.45. The highest BCUT2D eigenvalue weighted by Crippen LogP contribution is 2.36. The second-order valence-corrected chi connectivity index (χ2v) is 6.01. The van der Waals surface area contributed by atoms with E-state index < -0.39 is 5.60 Å². The largest absolute Gasteiger partial charge is 0.384 e. The highest BCUT2D eigenvalue weighted by atomic mass is 16.5. The molecule has 0 atom stereocenters. The molecule has 2 aromatic heterocycles. The Balaban J connectivity index is 1.57. The monoisotopic (exact) mass is 301 g/mol. The molecule has 0 unspecified atom stereocenters. The second kappa shape index (κ2) is 6.50. The molecule has 1 saturated carbocycles. The fraction of sp³-hybridized carbons (Fsp3) is 0.471. The van der Waals surface area contributed by atoms with Gasteiger partial charge in [0, 0.05) is 31.2 Å². The van der Waals surface area contributed by atoms with Crippen molar-refractivity contribution in [3.05, 3.63) is 48.0 Å².